The Bertz CT molecular complexity index is 481. The van der Waals surface area contributed by atoms with E-state index in [0.29, 0.717) is 12.8 Å². The van der Waals surface area contributed by atoms with Crippen LogP contribution in [0.2, 0.25) is 0 Å². The van der Waals surface area contributed by atoms with E-state index < -0.39 is 5.97 Å². The van der Waals surface area contributed by atoms with E-state index in [4.69, 9.17) is 9.84 Å². The first-order chi connectivity index (χ1) is 15.5. The second kappa shape index (κ2) is 22.6. The first kappa shape index (κ1) is 30.4. The minimum absolute atomic E-state index is 0.0218. The number of ether oxygens (including phenoxy) is 1. The smallest absolute Gasteiger partial charge is 0.322 e. The number of amides is 1. The molecule has 0 aromatic carbocycles. The average molecular weight is 456 g/mol. The molecular formula is C26H49NO5. The van der Waals surface area contributed by atoms with E-state index in [1.165, 1.54) is 51.4 Å². The van der Waals surface area contributed by atoms with Crippen molar-refractivity contribution in [2.24, 2.45) is 0 Å². The molecule has 1 atom stereocenters. The van der Waals surface area contributed by atoms with E-state index in [0.717, 1.165) is 57.8 Å². The van der Waals surface area contributed by atoms with Crippen LogP contribution in [0, 0.1) is 0 Å². The maximum Gasteiger partial charge on any atom is 0.322 e. The third-order valence-electron chi connectivity index (χ3n) is 5.78. The van der Waals surface area contributed by atoms with Crippen LogP contribution in [0.15, 0.2) is 0 Å². The van der Waals surface area contributed by atoms with Gasteiger partial charge in [-0.25, -0.2) is 0 Å². The molecule has 0 rings (SSSR count). The average Bonchev–Trinajstić information content (AvgIpc) is 2.76. The fourth-order valence-electron chi connectivity index (χ4n) is 3.79. The first-order valence-electron chi connectivity index (χ1n) is 13.2. The molecule has 0 aliphatic heterocycles. The number of nitrogens with one attached hydrogen (secondary N) is 1. The molecule has 2 N–H and O–H groups in total. The number of hydrogen-bond acceptors (Lipinski definition) is 4. The number of carboxylic acids is 1. The van der Waals surface area contributed by atoms with Crippen LogP contribution in [0.5, 0.6) is 0 Å². The summed E-state index contributed by atoms with van der Waals surface area (Å²) in [6.07, 6.45) is 19.7. The molecule has 1 unspecified atom stereocenters. The Kier molecular flexibility index (Phi) is 21.5. The van der Waals surface area contributed by atoms with E-state index in [2.05, 4.69) is 19.2 Å². The van der Waals surface area contributed by atoms with Gasteiger partial charge in [0.1, 0.15) is 12.6 Å². The van der Waals surface area contributed by atoms with Crippen LogP contribution in [0.1, 0.15) is 136 Å². The molecular weight excluding hydrogens is 406 g/mol. The highest BCUT2D eigenvalue weighted by atomic mass is 16.5. The van der Waals surface area contributed by atoms with E-state index in [9.17, 15) is 14.4 Å². The first-order valence-corrected chi connectivity index (χ1v) is 13.2. The Hall–Kier alpha value is -1.59. The van der Waals surface area contributed by atoms with Crippen molar-refractivity contribution in [3.63, 3.8) is 0 Å². The molecule has 0 aliphatic rings. The SMILES string of the molecule is CCCCCCCCCCCCC(=O)OC(CCCC)CCCCCC(=O)NCC(=O)O. The number of esters is 1. The van der Waals surface area contributed by atoms with Gasteiger partial charge in [0.05, 0.1) is 0 Å². The summed E-state index contributed by atoms with van der Waals surface area (Å²) < 4.78 is 5.74. The minimum atomic E-state index is -1.03. The van der Waals surface area contributed by atoms with Crippen LogP contribution in [-0.2, 0) is 19.1 Å². The third kappa shape index (κ3) is 21.6. The van der Waals surface area contributed by atoms with Crippen LogP contribution < -0.4 is 5.32 Å². The standard InChI is InChI=1S/C26H49NO5/c1-3-5-7-8-9-10-11-12-13-17-21-26(31)32-23(18-6-4-2)19-15-14-16-20-24(28)27-22-25(29)30/h23H,3-22H2,1-2H3,(H,27,28)(H,29,30). The fourth-order valence-corrected chi connectivity index (χ4v) is 3.79. The predicted octanol–water partition coefficient (Wildman–Crippen LogP) is 6.55. The molecule has 0 aromatic heterocycles. The molecule has 188 valence electrons. The van der Waals surface area contributed by atoms with Gasteiger partial charge in [-0.2, -0.15) is 0 Å². The lowest BCUT2D eigenvalue weighted by Crippen LogP contribution is -2.28. The summed E-state index contributed by atoms with van der Waals surface area (Å²) in [5.74, 6) is -1.33. The largest absolute Gasteiger partial charge is 0.480 e. The van der Waals surface area contributed by atoms with Gasteiger partial charge >= 0.3 is 11.9 Å². The summed E-state index contributed by atoms with van der Waals surface area (Å²) in [5, 5.41) is 10.9. The molecule has 32 heavy (non-hydrogen) atoms. The van der Waals surface area contributed by atoms with Crippen molar-refractivity contribution in [3.8, 4) is 0 Å². The van der Waals surface area contributed by atoms with Gasteiger partial charge in [0.25, 0.3) is 0 Å². The Balaban J connectivity index is 3.83. The third-order valence-corrected chi connectivity index (χ3v) is 5.78. The Morgan fingerprint density at radius 1 is 0.688 bits per heavy atom. The molecule has 6 heteroatoms. The van der Waals surface area contributed by atoms with Crippen molar-refractivity contribution in [1.82, 2.24) is 5.32 Å². The highest BCUT2D eigenvalue weighted by Gasteiger charge is 2.14. The van der Waals surface area contributed by atoms with Crippen LogP contribution in [0.25, 0.3) is 0 Å². The molecule has 0 bridgehead atoms. The Labute approximate surface area is 196 Å². The zero-order chi connectivity index (χ0) is 23.9. The van der Waals surface area contributed by atoms with Crippen LogP contribution in [0.3, 0.4) is 0 Å². The lowest BCUT2D eigenvalue weighted by molar-refractivity contribution is -0.150. The highest BCUT2D eigenvalue weighted by molar-refractivity contribution is 5.80. The van der Waals surface area contributed by atoms with Gasteiger partial charge in [-0.15, -0.1) is 0 Å². The second-order valence-corrected chi connectivity index (χ2v) is 8.96. The lowest BCUT2D eigenvalue weighted by Gasteiger charge is -2.18. The van der Waals surface area contributed by atoms with Crippen molar-refractivity contribution >= 4 is 17.8 Å². The molecule has 1 amide bonds. The van der Waals surface area contributed by atoms with E-state index >= 15 is 0 Å². The zero-order valence-corrected chi connectivity index (χ0v) is 20.8. The van der Waals surface area contributed by atoms with Gasteiger partial charge in [0, 0.05) is 12.8 Å². The van der Waals surface area contributed by atoms with Crippen molar-refractivity contribution in [3.05, 3.63) is 0 Å². The van der Waals surface area contributed by atoms with Crippen LogP contribution in [0.4, 0.5) is 0 Å². The number of hydrogen-bond donors (Lipinski definition) is 2. The molecule has 0 spiro atoms. The molecule has 0 aliphatic carbocycles. The van der Waals surface area contributed by atoms with E-state index in [1.807, 2.05) is 0 Å². The van der Waals surface area contributed by atoms with Gasteiger partial charge in [-0.3, -0.25) is 14.4 Å². The van der Waals surface area contributed by atoms with Crippen molar-refractivity contribution in [2.75, 3.05) is 6.54 Å². The summed E-state index contributed by atoms with van der Waals surface area (Å²) in [4.78, 5) is 34.2. The molecule has 0 radical (unpaired) electrons. The maximum absolute atomic E-state index is 12.2. The lowest BCUT2D eigenvalue weighted by atomic mass is 10.0. The molecule has 0 heterocycles. The normalized spacial score (nSPS) is 11.8. The zero-order valence-electron chi connectivity index (χ0n) is 20.8. The predicted molar refractivity (Wildman–Crippen MR) is 130 cm³/mol. The molecule has 6 nitrogen and oxygen atoms in total. The second-order valence-electron chi connectivity index (χ2n) is 8.96. The van der Waals surface area contributed by atoms with Gasteiger partial charge in [0.15, 0.2) is 0 Å². The van der Waals surface area contributed by atoms with E-state index in [-0.39, 0.29) is 24.5 Å². The van der Waals surface area contributed by atoms with Crippen molar-refractivity contribution in [2.45, 2.75) is 142 Å². The summed E-state index contributed by atoms with van der Waals surface area (Å²) in [6, 6.07) is 0. The van der Waals surface area contributed by atoms with Gasteiger partial charge < -0.3 is 15.2 Å². The molecule has 0 fully saturated rings. The van der Waals surface area contributed by atoms with Gasteiger partial charge in [-0.05, 0) is 32.1 Å². The monoisotopic (exact) mass is 455 g/mol. The van der Waals surface area contributed by atoms with Crippen molar-refractivity contribution < 1.29 is 24.2 Å². The number of rotatable bonds is 23. The Morgan fingerprint density at radius 3 is 1.78 bits per heavy atom. The molecule has 0 saturated carbocycles. The number of aliphatic carboxylic acids is 1. The summed E-state index contributed by atoms with van der Waals surface area (Å²) in [7, 11) is 0. The van der Waals surface area contributed by atoms with Gasteiger partial charge in [0.2, 0.25) is 5.91 Å². The quantitative estimate of drug-likeness (QED) is 0.135. The topological polar surface area (TPSA) is 92.7 Å². The molecule has 0 saturated heterocycles. The van der Waals surface area contributed by atoms with Crippen LogP contribution in [-0.4, -0.2) is 35.6 Å². The van der Waals surface area contributed by atoms with Crippen LogP contribution >= 0.6 is 0 Å². The summed E-state index contributed by atoms with van der Waals surface area (Å²) in [5.41, 5.74) is 0. The highest BCUT2D eigenvalue weighted by Crippen LogP contribution is 2.16. The number of carboxylic acid groups (broad SMARTS) is 1. The summed E-state index contributed by atoms with van der Waals surface area (Å²) >= 11 is 0. The maximum atomic E-state index is 12.2. The summed E-state index contributed by atoms with van der Waals surface area (Å²) in [6.45, 7) is 4.05. The van der Waals surface area contributed by atoms with Gasteiger partial charge in [-0.1, -0.05) is 90.9 Å². The Morgan fingerprint density at radius 2 is 1.19 bits per heavy atom. The minimum Gasteiger partial charge on any atom is -0.480 e. The number of carbonyl (C=O) groups is 3. The number of unbranched alkanes of at least 4 members (excludes halogenated alkanes) is 12. The van der Waals surface area contributed by atoms with Crippen molar-refractivity contribution in [1.29, 1.82) is 0 Å². The molecule has 0 aromatic rings. The number of carbonyl (C=O) groups excluding carboxylic acids is 2. The fraction of sp³-hybridized carbons (Fsp3) is 0.885. The van der Waals surface area contributed by atoms with E-state index in [1.54, 1.807) is 0 Å².